The number of hydrogen-bond acceptors (Lipinski definition) is 3. The number of nitrogens with zero attached hydrogens (tertiary/aromatic N) is 1. The molecule has 0 spiro atoms. The van der Waals surface area contributed by atoms with Crippen LogP contribution in [-0.4, -0.2) is 43.4 Å². The third-order valence-corrected chi connectivity index (χ3v) is 5.50. The molecular weight excluding hydrogens is 501 g/mol. The first kappa shape index (κ1) is 25.6. The first-order chi connectivity index (χ1) is 14.7. The molecule has 2 aromatic carbocycles. The summed E-state index contributed by atoms with van der Waals surface area (Å²) in [6.45, 7) is 6.91. The van der Waals surface area contributed by atoms with Gasteiger partial charge in [0.2, 0.25) is 0 Å². The second-order valence-corrected chi connectivity index (χ2v) is 8.05. The molecule has 0 aromatic heterocycles. The van der Waals surface area contributed by atoms with E-state index in [0.717, 1.165) is 44.1 Å². The number of aliphatic imine (C=N–C) groups is 1. The highest BCUT2D eigenvalue weighted by Crippen LogP contribution is 2.33. The van der Waals surface area contributed by atoms with Crippen LogP contribution in [0, 0.1) is 12.8 Å². The normalized spacial score (nSPS) is 19.9. The maximum absolute atomic E-state index is 10.4. The number of guanidine groups is 1. The van der Waals surface area contributed by atoms with Gasteiger partial charge in [0.05, 0.1) is 18.8 Å². The van der Waals surface area contributed by atoms with Crippen molar-refractivity contribution in [3.8, 4) is 0 Å². The molecule has 3 rings (SSSR count). The van der Waals surface area contributed by atoms with Crippen molar-refractivity contribution in [1.29, 1.82) is 0 Å². The summed E-state index contributed by atoms with van der Waals surface area (Å²) in [5.41, 5.74) is 3.63. The van der Waals surface area contributed by atoms with Crippen molar-refractivity contribution in [3.05, 3.63) is 71.3 Å². The van der Waals surface area contributed by atoms with E-state index >= 15 is 0 Å². The number of ether oxygens (including phenoxy) is 1. The predicted molar refractivity (Wildman–Crippen MR) is 138 cm³/mol. The van der Waals surface area contributed by atoms with E-state index in [1.165, 1.54) is 11.1 Å². The number of aliphatic hydroxyl groups is 1. The van der Waals surface area contributed by atoms with Gasteiger partial charge in [-0.2, -0.15) is 0 Å². The number of nitrogens with one attached hydrogen (secondary N) is 2. The molecule has 31 heavy (non-hydrogen) atoms. The smallest absolute Gasteiger partial charge is 0.191 e. The fourth-order valence-electron chi connectivity index (χ4n) is 3.89. The quantitative estimate of drug-likeness (QED) is 0.268. The number of aryl methyl sites for hydroxylation is 1. The van der Waals surface area contributed by atoms with Crippen LogP contribution in [0.5, 0.6) is 0 Å². The van der Waals surface area contributed by atoms with Gasteiger partial charge in [-0.3, -0.25) is 4.99 Å². The van der Waals surface area contributed by atoms with Crippen molar-refractivity contribution in [2.24, 2.45) is 10.9 Å². The molecule has 3 atom stereocenters. The topological polar surface area (TPSA) is 65.9 Å². The molecule has 1 fully saturated rings. The Kier molecular flexibility index (Phi) is 11.3. The third kappa shape index (κ3) is 8.43. The maximum Gasteiger partial charge on any atom is 0.191 e. The summed E-state index contributed by atoms with van der Waals surface area (Å²) in [4.78, 5) is 4.61. The van der Waals surface area contributed by atoms with Crippen LogP contribution in [0.3, 0.4) is 0 Å². The second kappa shape index (κ2) is 13.7. The van der Waals surface area contributed by atoms with Crippen LogP contribution in [0.15, 0.2) is 59.6 Å². The summed E-state index contributed by atoms with van der Waals surface area (Å²) < 4.78 is 6.13. The molecule has 1 heterocycles. The summed E-state index contributed by atoms with van der Waals surface area (Å²) >= 11 is 0. The van der Waals surface area contributed by atoms with Gasteiger partial charge in [0.25, 0.3) is 0 Å². The highest BCUT2D eigenvalue weighted by atomic mass is 127. The number of hydrogen-bond donors (Lipinski definition) is 3. The number of benzene rings is 2. The van der Waals surface area contributed by atoms with Gasteiger partial charge in [-0.15, -0.1) is 24.0 Å². The third-order valence-electron chi connectivity index (χ3n) is 5.50. The fraction of sp³-hybridized carbons (Fsp3) is 0.480. The van der Waals surface area contributed by atoms with E-state index in [9.17, 15) is 5.11 Å². The standard InChI is InChI=1S/C25H35N3O2.HI/c1-3-26-25(28-18-23(29)16-20-8-5-4-6-9-20)27-17-22-10-7-15-30-24(22)21-13-11-19(2)12-14-21;/h4-6,8-9,11-14,22-24,29H,3,7,10,15-18H2,1-2H3,(H2,26,27,28);1H. The van der Waals surface area contributed by atoms with Crippen molar-refractivity contribution >= 4 is 29.9 Å². The van der Waals surface area contributed by atoms with Gasteiger partial charge < -0.3 is 20.5 Å². The van der Waals surface area contributed by atoms with Crippen LogP contribution in [0.1, 0.15) is 42.6 Å². The van der Waals surface area contributed by atoms with Crippen molar-refractivity contribution in [1.82, 2.24) is 10.6 Å². The first-order valence-corrected chi connectivity index (χ1v) is 11.1. The van der Waals surface area contributed by atoms with Crippen LogP contribution in [-0.2, 0) is 11.2 Å². The number of aliphatic hydroxyl groups excluding tert-OH is 1. The Balaban J connectivity index is 0.00000341. The summed E-state index contributed by atoms with van der Waals surface area (Å²) in [6, 6.07) is 18.7. The number of rotatable bonds is 8. The molecule has 170 valence electrons. The maximum atomic E-state index is 10.4. The molecule has 0 aliphatic carbocycles. The molecule has 0 radical (unpaired) electrons. The molecule has 1 aliphatic heterocycles. The Morgan fingerprint density at radius 1 is 1.13 bits per heavy atom. The molecule has 1 aliphatic rings. The monoisotopic (exact) mass is 537 g/mol. The lowest BCUT2D eigenvalue weighted by molar-refractivity contribution is -0.0265. The van der Waals surface area contributed by atoms with Gasteiger partial charge in [0, 0.05) is 32.0 Å². The molecule has 2 aromatic rings. The summed E-state index contributed by atoms with van der Waals surface area (Å²) in [5.74, 6) is 1.14. The van der Waals surface area contributed by atoms with Crippen molar-refractivity contribution < 1.29 is 9.84 Å². The van der Waals surface area contributed by atoms with E-state index in [1.807, 2.05) is 30.3 Å². The first-order valence-electron chi connectivity index (χ1n) is 11.1. The molecule has 0 saturated carbocycles. The summed E-state index contributed by atoms with van der Waals surface area (Å²) in [6.07, 6.45) is 2.43. The molecule has 5 nitrogen and oxygen atoms in total. The zero-order chi connectivity index (χ0) is 21.2. The van der Waals surface area contributed by atoms with Crippen LogP contribution < -0.4 is 10.6 Å². The minimum atomic E-state index is -0.499. The fourth-order valence-corrected chi connectivity index (χ4v) is 3.89. The largest absolute Gasteiger partial charge is 0.391 e. The van der Waals surface area contributed by atoms with Crippen molar-refractivity contribution in [2.45, 2.75) is 45.3 Å². The van der Waals surface area contributed by atoms with Crippen LogP contribution in [0.25, 0.3) is 0 Å². The van der Waals surface area contributed by atoms with E-state index in [0.29, 0.717) is 18.9 Å². The molecule has 0 bridgehead atoms. The van der Waals surface area contributed by atoms with Crippen molar-refractivity contribution in [3.63, 3.8) is 0 Å². The van der Waals surface area contributed by atoms with Gasteiger partial charge in [-0.25, -0.2) is 0 Å². The Morgan fingerprint density at radius 3 is 2.58 bits per heavy atom. The van der Waals surface area contributed by atoms with E-state index < -0.39 is 6.10 Å². The summed E-state index contributed by atoms with van der Waals surface area (Å²) in [5, 5.41) is 17.1. The Hall–Kier alpha value is -1.64. The lowest BCUT2D eigenvalue weighted by Gasteiger charge is -2.32. The highest BCUT2D eigenvalue weighted by molar-refractivity contribution is 14.0. The van der Waals surface area contributed by atoms with Gasteiger partial charge in [0.15, 0.2) is 5.96 Å². The molecule has 0 amide bonds. The van der Waals surface area contributed by atoms with Gasteiger partial charge in [-0.1, -0.05) is 60.2 Å². The lowest BCUT2D eigenvalue weighted by atomic mass is 9.89. The average molecular weight is 537 g/mol. The Bertz CT molecular complexity index is 783. The lowest BCUT2D eigenvalue weighted by Crippen LogP contribution is -2.42. The van der Waals surface area contributed by atoms with Gasteiger partial charge in [-0.05, 0) is 37.8 Å². The molecule has 3 unspecified atom stereocenters. The van der Waals surface area contributed by atoms with E-state index in [2.05, 4.69) is 53.7 Å². The highest BCUT2D eigenvalue weighted by Gasteiger charge is 2.27. The van der Waals surface area contributed by atoms with E-state index in [-0.39, 0.29) is 30.1 Å². The van der Waals surface area contributed by atoms with Crippen molar-refractivity contribution in [2.75, 3.05) is 26.2 Å². The van der Waals surface area contributed by atoms with E-state index in [1.54, 1.807) is 0 Å². The predicted octanol–water partition coefficient (Wildman–Crippen LogP) is 4.24. The minimum Gasteiger partial charge on any atom is -0.391 e. The van der Waals surface area contributed by atoms with Crippen LogP contribution >= 0.6 is 24.0 Å². The Labute approximate surface area is 203 Å². The zero-order valence-electron chi connectivity index (χ0n) is 18.6. The molecular formula is C25H36IN3O2. The average Bonchev–Trinajstić information content (AvgIpc) is 2.77. The molecule has 6 heteroatoms. The van der Waals surface area contributed by atoms with E-state index in [4.69, 9.17) is 4.74 Å². The van der Waals surface area contributed by atoms with Gasteiger partial charge in [0.1, 0.15) is 0 Å². The van der Waals surface area contributed by atoms with Crippen LogP contribution in [0.2, 0.25) is 0 Å². The molecule has 3 N–H and O–H groups in total. The SMILES string of the molecule is CCNC(=NCC(O)Cc1ccccc1)NCC1CCCOC1c1ccc(C)cc1.I. The number of halogens is 1. The van der Waals surface area contributed by atoms with Crippen LogP contribution in [0.4, 0.5) is 0 Å². The van der Waals surface area contributed by atoms with Gasteiger partial charge >= 0.3 is 0 Å². The minimum absolute atomic E-state index is 0. The second-order valence-electron chi connectivity index (χ2n) is 8.05. The molecule has 1 saturated heterocycles. The Morgan fingerprint density at radius 2 is 1.87 bits per heavy atom. The zero-order valence-corrected chi connectivity index (χ0v) is 20.9. The summed E-state index contributed by atoms with van der Waals surface area (Å²) in [7, 11) is 0.